The van der Waals surface area contributed by atoms with E-state index in [4.69, 9.17) is 0 Å². The summed E-state index contributed by atoms with van der Waals surface area (Å²) in [5, 5.41) is 4.38. The van der Waals surface area contributed by atoms with Crippen molar-refractivity contribution in [1.29, 1.82) is 0 Å². The lowest BCUT2D eigenvalue weighted by molar-refractivity contribution is -0.00000505. The fourth-order valence-electron chi connectivity index (χ4n) is 3.91. The van der Waals surface area contributed by atoms with Gasteiger partial charge >= 0.3 is 0 Å². The molecule has 0 aromatic heterocycles. The van der Waals surface area contributed by atoms with Crippen molar-refractivity contribution < 1.29 is 24.0 Å². The number of halogens is 1. The molecule has 4 rings (SSSR count). The maximum Gasteiger partial charge on any atom is 0.181 e. The van der Waals surface area contributed by atoms with Crippen LogP contribution >= 0.6 is 7.41 Å². The highest BCUT2D eigenvalue weighted by atomic mass is 127. The molecule has 0 radical (unpaired) electrons. The van der Waals surface area contributed by atoms with E-state index in [1.54, 1.807) is 0 Å². The quantitative estimate of drug-likeness (QED) is 0.387. The van der Waals surface area contributed by atoms with Crippen LogP contribution < -0.4 is 39.9 Å². The molecular formula is C23H25INP. The Morgan fingerprint density at radius 3 is 1.31 bits per heavy atom. The molecule has 0 heterocycles. The molecule has 26 heavy (non-hydrogen) atoms. The molecule has 3 heteroatoms. The van der Waals surface area contributed by atoms with Crippen LogP contribution in [-0.2, 0) is 0 Å². The van der Waals surface area contributed by atoms with Gasteiger partial charge in [-0.15, -0.1) is 0 Å². The Balaban J connectivity index is 0.00000196. The van der Waals surface area contributed by atoms with E-state index < -0.39 is 7.41 Å². The Hall–Kier alpha value is -1.22. The van der Waals surface area contributed by atoms with Gasteiger partial charge in [0.15, 0.2) is 7.41 Å². The smallest absolute Gasteiger partial charge is 0.181 e. The summed E-state index contributed by atoms with van der Waals surface area (Å²) in [5.41, 5.74) is 0. The summed E-state index contributed by atoms with van der Waals surface area (Å²) in [7, 11) is -1.82. The number of nitrogens with zero attached hydrogens (tertiary/aromatic N) is 1. The minimum Gasteiger partial charge on any atom is -1.00 e. The van der Waals surface area contributed by atoms with Gasteiger partial charge < -0.3 is 24.0 Å². The summed E-state index contributed by atoms with van der Waals surface area (Å²) in [6.45, 7) is 3.40. The largest absolute Gasteiger partial charge is 1.00 e. The molecule has 1 aliphatic rings. The molecule has 134 valence electrons. The van der Waals surface area contributed by atoms with E-state index >= 15 is 0 Å². The predicted octanol–water partition coefficient (Wildman–Crippen LogP) is 1.38. The van der Waals surface area contributed by atoms with Crippen LogP contribution in [-0.4, -0.2) is 17.3 Å². The van der Waals surface area contributed by atoms with Crippen LogP contribution in [0, 0.1) is 0 Å². The van der Waals surface area contributed by atoms with Crippen molar-refractivity contribution in [3.05, 3.63) is 91.0 Å². The molecule has 1 nitrogen and oxygen atoms in total. The molecule has 0 bridgehead atoms. The normalized spacial score (nSPS) is 14.1. The molecule has 0 unspecified atom stereocenters. The Bertz CT molecular complexity index is 707. The zero-order chi connectivity index (χ0) is 17.1. The first-order valence-electron chi connectivity index (χ1n) is 9.20. The molecular weight excluding hydrogens is 448 g/mol. The molecule has 3 aromatic carbocycles. The predicted molar refractivity (Wildman–Crippen MR) is 111 cm³/mol. The number of rotatable bonds is 6. The first-order chi connectivity index (χ1) is 12.4. The molecule has 1 aliphatic carbocycles. The van der Waals surface area contributed by atoms with Gasteiger partial charge in [0.25, 0.3) is 0 Å². The summed E-state index contributed by atoms with van der Waals surface area (Å²) in [6, 6.07) is 34.2. The van der Waals surface area contributed by atoms with Crippen molar-refractivity contribution >= 4 is 23.3 Å². The van der Waals surface area contributed by atoms with Gasteiger partial charge in [-0.05, 0) is 56.2 Å². The molecule has 0 saturated heterocycles. The van der Waals surface area contributed by atoms with Gasteiger partial charge in [-0.1, -0.05) is 54.6 Å². The lowest BCUT2D eigenvalue weighted by Gasteiger charge is -2.36. The standard InChI is InChI=1S/C23H25NP.HI/c1-2-24(20-18-19-20)25(21-12-6-3-7-13-21,22-14-8-4-9-15-22)23-16-10-5-11-17-23;/h3-17,20H,2,18-19H2,1H3;1H/q+1;/p-1. The van der Waals surface area contributed by atoms with Crippen molar-refractivity contribution in [2.45, 2.75) is 25.8 Å². The van der Waals surface area contributed by atoms with Crippen LogP contribution in [0.5, 0.6) is 0 Å². The second-order valence-electron chi connectivity index (χ2n) is 6.63. The first-order valence-corrected chi connectivity index (χ1v) is 10.9. The number of benzene rings is 3. The minimum absolute atomic E-state index is 0. The van der Waals surface area contributed by atoms with Crippen molar-refractivity contribution in [3.63, 3.8) is 0 Å². The van der Waals surface area contributed by atoms with Crippen LogP contribution in [0.2, 0.25) is 0 Å². The van der Waals surface area contributed by atoms with E-state index in [1.807, 2.05) is 0 Å². The molecule has 3 aromatic rings. The fraction of sp³-hybridized carbons (Fsp3) is 0.217. The van der Waals surface area contributed by atoms with Gasteiger partial charge in [0.1, 0.15) is 15.9 Å². The van der Waals surface area contributed by atoms with Crippen LogP contribution in [0.25, 0.3) is 0 Å². The number of hydrogen-bond donors (Lipinski definition) is 0. The Kier molecular flexibility index (Phi) is 6.50. The minimum atomic E-state index is -1.82. The highest BCUT2D eigenvalue weighted by molar-refractivity contribution is 7.93. The van der Waals surface area contributed by atoms with Gasteiger partial charge in [-0.25, -0.2) is 0 Å². The zero-order valence-corrected chi connectivity index (χ0v) is 18.2. The molecule has 1 saturated carbocycles. The van der Waals surface area contributed by atoms with E-state index in [0.717, 1.165) is 6.54 Å². The highest BCUT2D eigenvalue weighted by Crippen LogP contribution is 2.62. The van der Waals surface area contributed by atoms with E-state index in [1.165, 1.54) is 28.8 Å². The van der Waals surface area contributed by atoms with Crippen LogP contribution in [0.4, 0.5) is 0 Å². The lowest BCUT2D eigenvalue weighted by atomic mass is 10.4. The topological polar surface area (TPSA) is 3.24 Å². The SMILES string of the molecule is CCN(C1CC1)[P+](c1ccccc1)(c1ccccc1)c1ccccc1.[I-]. The van der Waals surface area contributed by atoms with E-state index in [0.29, 0.717) is 6.04 Å². The van der Waals surface area contributed by atoms with E-state index in [9.17, 15) is 0 Å². The third-order valence-electron chi connectivity index (χ3n) is 5.07. The van der Waals surface area contributed by atoms with Gasteiger partial charge in [-0.3, -0.25) is 0 Å². The third-order valence-corrected chi connectivity index (χ3v) is 9.58. The van der Waals surface area contributed by atoms with E-state index in [2.05, 4.69) is 103 Å². The maximum atomic E-state index is 2.81. The fourth-order valence-corrected chi connectivity index (χ4v) is 8.65. The van der Waals surface area contributed by atoms with Gasteiger partial charge in [0.2, 0.25) is 0 Å². The van der Waals surface area contributed by atoms with Gasteiger partial charge in [-0.2, -0.15) is 4.67 Å². The Morgan fingerprint density at radius 1 is 0.692 bits per heavy atom. The second kappa shape index (κ2) is 8.65. The molecule has 0 spiro atoms. The number of hydrogen-bond acceptors (Lipinski definition) is 1. The summed E-state index contributed by atoms with van der Waals surface area (Å²) in [5.74, 6) is 0. The van der Waals surface area contributed by atoms with Crippen LogP contribution in [0.15, 0.2) is 91.0 Å². The van der Waals surface area contributed by atoms with E-state index in [-0.39, 0.29) is 24.0 Å². The van der Waals surface area contributed by atoms with Crippen LogP contribution in [0.3, 0.4) is 0 Å². The summed E-state index contributed by atoms with van der Waals surface area (Å²) in [6.07, 6.45) is 2.64. The van der Waals surface area contributed by atoms with Crippen molar-refractivity contribution in [2.75, 3.05) is 6.54 Å². The molecule has 0 aliphatic heterocycles. The van der Waals surface area contributed by atoms with Crippen molar-refractivity contribution in [1.82, 2.24) is 4.67 Å². The average molecular weight is 473 g/mol. The highest BCUT2D eigenvalue weighted by Gasteiger charge is 2.55. The lowest BCUT2D eigenvalue weighted by Crippen LogP contribution is -3.00. The third kappa shape index (κ3) is 3.47. The molecule has 1 fully saturated rings. The Morgan fingerprint density at radius 2 is 1.04 bits per heavy atom. The maximum absolute atomic E-state index is 2.81. The van der Waals surface area contributed by atoms with Gasteiger partial charge in [0.05, 0.1) is 0 Å². The molecule has 0 atom stereocenters. The van der Waals surface area contributed by atoms with Crippen molar-refractivity contribution in [2.24, 2.45) is 0 Å². The zero-order valence-electron chi connectivity index (χ0n) is 15.1. The van der Waals surface area contributed by atoms with Crippen molar-refractivity contribution in [3.8, 4) is 0 Å². The summed E-state index contributed by atoms with van der Waals surface area (Å²) in [4.78, 5) is 0. The molecule has 0 N–H and O–H groups in total. The van der Waals surface area contributed by atoms with Crippen LogP contribution in [0.1, 0.15) is 19.8 Å². The average Bonchev–Trinajstić information content (AvgIpc) is 3.53. The molecule has 0 amide bonds. The first kappa shape index (κ1) is 19.5. The monoisotopic (exact) mass is 473 g/mol. The Labute approximate surface area is 174 Å². The van der Waals surface area contributed by atoms with Gasteiger partial charge in [0, 0.05) is 12.6 Å². The summed E-state index contributed by atoms with van der Waals surface area (Å²) < 4.78 is 2.81. The summed E-state index contributed by atoms with van der Waals surface area (Å²) >= 11 is 0. The second-order valence-corrected chi connectivity index (χ2v) is 9.96.